The fraction of sp³-hybridized carbons (Fsp3) is 0.167. The van der Waals surface area contributed by atoms with Crippen molar-refractivity contribution < 1.29 is 22.8 Å². The van der Waals surface area contributed by atoms with Crippen LogP contribution in [0.4, 0.5) is 24.5 Å². The minimum Gasteiger partial charge on any atom is -0.325 e. The maximum atomic E-state index is 13.5. The molecule has 0 unspecified atom stereocenters. The fourth-order valence-corrected chi connectivity index (χ4v) is 2.23. The van der Waals surface area contributed by atoms with Gasteiger partial charge in [-0.3, -0.25) is 14.5 Å². The van der Waals surface area contributed by atoms with Gasteiger partial charge in [0.1, 0.15) is 0 Å². The second-order valence-corrected chi connectivity index (χ2v) is 5.68. The van der Waals surface area contributed by atoms with Crippen LogP contribution in [0.1, 0.15) is 5.56 Å². The maximum Gasteiger partial charge on any atom is 0.238 e. The predicted molar refractivity (Wildman–Crippen MR) is 92.2 cm³/mol. The van der Waals surface area contributed by atoms with Gasteiger partial charge < -0.3 is 10.6 Å². The topological polar surface area (TPSA) is 85.2 Å². The molecule has 2 aromatic rings. The normalized spacial score (nSPS) is 10.4. The summed E-state index contributed by atoms with van der Waals surface area (Å²) < 4.78 is 39.6. The number of amides is 2. The Hall–Kier alpha value is -3.38. The molecule has 0 heterocycles. The molecule has 0 radical (unpaired) electrons. The minimum atomic E-state index is -1.68. The zero-order valence-electron chi connectivity index (χ0n) is 14.2. The summed E-state index contributed by atoms with van der Waals surface area (Å²) in [6.45, 7) is -0.450. The van der Waals surface area contributed by atoms with Gasteiger partial charge in [-0.05, 0) is 37.4 Å². The van der Waals surface area contributed by atoms with Crippen LogP contribution in [-0.4, -0.2) is 36.9 Å². The summed E-state index contributed by atoms with van der Waals surface area (Å²) in [5.41, 5.74) is 0.319. The number of nitrogens with zero attached hydrogens (tertiary/aromatic N) is 2. The Morgan fingerprint density at radius 3 is 2.37 bits per heavy atom. The number of benzene rings is 2. The van der Waals surface area contributed by atoms with Crippen LogP contribution >= 0.6 is 0 Å². The van der Waals surface area contributed by atoms with Crippen molar-refractivity contribution in [3.05, 3.63) is 59.4 Å². The first-order valence-corrected chi connectivity index (χ1v) is 7.72. The molecule has 0 aliphatic heterocycles. The zero-order valence-corrected chi connectivity index (χ0v) is 14.2. The number of halogens is 3. The van der Waals surface area contributed by atoms with Crippen LogP contribution in [-0.2, 0) is 9.59 Å². The van der Waals surface area contributed by atoms with Crippen molar-refractivity contribution in [3.8, 4) is 6.07 Å². The van der Waals surface area contributed by atoms with Crippen LogP contribution in [0.15, 0.2) is 36.4 Å². The molecular weight excluding hydrogens is 361 g/mol. The number of rotatable bonds is 6. The van der Waals surface area contributed by atoms with Gasteiger partial charge in [-0.2, -0.15) is 5.26 Å². The minimum absolute atomic E-state index is 0.162. The second-order valence-electron chi connectivity index (χ2n) is 5.68. The Morgan fingerprint density at radius 2 is 1.70 bits per heavy atom. The molecule has 0 aliphatic carbocycles. The zero-order chi connectivity index (χ0) is 20.0. The standard InChI is InChI=1S/C18H15F3N4O2/c1-25(9-15(26)23-12-4-2-3-11(7-12)8-22)10-16(27)24-14-6-5-13(19)17(20)18(14)21/h2-7H,9-10H2,1H3,(H,23,26)(H,24,27). The number of nitriles is 1. The molecule has 2 amide bonds. The van der Waals surface area contributed by atoms with E-state index in [9.17, 15) is 22.8 Å². The van der Waals surface area contributed by atoms with E-state index in [4.69, 9.17) is 5.26 Å². The Kier molecular flexibility index (Phi) is 6.51. The van der Waals surface area contributed by atoms with Gasteiger partial charge in [0.25, 0.3) is 0 Å². The van der Waals surface area contributed by atoms with E-state index in [-0.39, 0.29) is 13.1 Å². The largest absolute Gasteiger partial charge is 0.325 e. The first-order chi connectivity index (χ1) is 12.8. The molecule has 0 saturated carbocycles. The predicted octanol–water partition coefficient (Wildman–Crippen LogP) is 2.48. The van der Waals surface area contributed by atoms with E-state index in [1.807, 2.05) is 6.07 Å². The third-order valence-corrected chi connectivity index (χ3v) is 3.41. The summed E-state index contributed by atoms with van der Waals surface area (Å²) in [6.07, 6.45) is 0. The molecule has 140 valence electrons. The van der Waals surface area contributed by atoms with Gasteiger partial charge in [0, 0.05) is 5.69 Å². The number of likely N-dealkylation sites (N-methyl/N-ethyl adjacent to an activating group) is 1. The Balaban J connectivity index is 1.88. The highest BCUT2D eigenvalue weighted by atomic mass is 19.2. The summed E-state index contributed by atoms with van der Waals surface area (Å²) in [5.74, 6) is -5.68. The molecular formula is C18H15F3N4O2. The number of hydrogen-bond acceptors (Lipinski definition) is 4. The lowest BCUT2D eigenvalue weighted by Crippen LogP contribution is -2.36. The lowest BCUT2D eigenvalue weighted by Gasteiger charge is -2.16. The molecule has 0 fully saturated rings. The molecule has 27 heavy (non-hydrogen) atoms. The molecule has 0 bridgehead atoms. The summed E-state index contributed by atoms with van der Waals surface area (Å²) in [5, 5.41) is 13.5. The number of carbonyl (C=O) groups is 2. The summed E-state index contributed by atoms with van der Waals surface area (Å²) in [6, 6.07) is 9.85. The third-order valence-electron chi connectivity index (χ3n) is 3.41. The first-order valence-electron chi connectivity index (χ1n) is 7.72. The second kappa shape index (κ2) is 8.82. The van der Waals surface area contributed by atoms with Crippen molar-refractivity contribution in [1.29, 1.82) is 5.26 Å². The van der Waals surface area contributed by atoms with Gasteiger partial charge in [-0.25, -0.2) is 13.2 Å². The van der Waals surface area contributed by atoms with Crippen LogP contribution in [0.25, 0.3) is 0 Å². The number of carbonyl (C=O) groups excluding carboxylic acids is 2. The van der Waals surface area contributed by atoms with Crippen molar-refractivity contribution >= 4 is 23.2 Å². The molecule has 0 aromatic heterocycles. The van der Waals surface area contributed by atoms with Gasteiger partial charge in [-0.15, -0.1) is 0 Å². The smallest absolute Gasteiger partial charge is 0.238 e. The summed E-state index contributed by atoms with van der Waals surface area (Å²) in [7, 11) is 1.48. The van der Waals surface area contributed by atoms with Crippen molar-refractivity contribution in [2.75, 3.05) is 30.8 Å². The van der Waals surface area contributed by atoms with Crippen LogP contribution in [0.2, 0.25) is 0 Å². The highest BCUT2D eigenvalue weighted by molar-refractivity contribution is 5.94. The van der Waals surface area contributed by atoms with Gasteiger partial charge in [0.2, 0.25) is 11.8 Å². The monoisotopic (exact) mass is 376 g/mol. The summed E-state index contributed by atoms with van der Waals surface area (Å²) >= 11 is 0. The number of anilines is 2. The third kappa shape index (κ3) is 5.55. The van der Waals surface area contributed by atoms with Crippen LogP contribution in [0, 0.1) is 28.8 Å². The SMILES string of the molecule is CN(CC(=O)Nc1cccc(C#N)c1)CC(=O)Nc1ccc(F)c(F)c1F. The van der Waals surface area contributed by atoms with Crippen molar-refractivity contribution in [3.63, 3.8) is 0 Å². The van der Waals surface area contributed by atoms with E-state index < -0.39 is 35.0 Å². The number of hydrogen-bond donors (Lipinski definition) is 2. The molecule has 2 rings (SSSR count). The van der Waals surface area contributed by atoms with E-state index in [0.29, 0.717) is 17.3 Å². The average molecular weight is 376 g/mol. The van der Waals surface area contributed by atoms with Crippen molar-refractivity contribution in [2.45, 2.75) is 0 Å². The highest BCUT2D eigenvalue weighted by Gasteiger charge is 2.17. The van der Waals surface area contributed by atoms with Crippen molar-refractivity contribution in [1.82, 2.24) is 4.90 Å². The molecule has 0 spiro atoms. The Labute approximate surface area is 153 Å². The fourth-order valence-electron chi connectivity index (χ4n) is 2.23. The number of nitrogens with one attached hydrogen (secondary N) is 2. The Morgan fingerprint density at radius 1 is 1.04 bits per heavy atom. The average Bonchev–Trinajstić information content (AvgIpc) is 2.62. The van der Waals surface area contributed by atoms with Gasteiger partial charge in [0.05, 0.1) is 30.4 Å². The lowest BCUT2D eigenvalue weighted by atomic mass is 10.2. The van der Waals surface area contributed by atoms with E-state index in [2.05, 4.69) is 10.6 Å². The summed E-state index contributed by atoms with van der Waals surface area (Å²) in [4.78, 5) is 25.2. The Bertz CT molecular complexity index is 912. The molecule has 0 aliphatic rings. The molecule has 2 N–H and O–H groups in total. The molecule has 0 atom stereocenters. The first kappa shape index (κ1) is 19.9. The molecule has 9 heteroatoms. The van der Waals surface area contributed by atoms with Crippen molar-refractivity contribution in [2.24, 2.45) is 0 Å². The highest BCUT2D eigenvalue weighted by Crippen LogP contribution is 2.19. The molecule has 6 nitrogen and oxygen atoms in total. The van der Waals surface area contributed by atoms with Gasteiger partial charge in [0.15, 0.2) is 17.5 Å². The van der Waals surface area contributed by atoms with E-state index in [1.54, 1.807) is 18.2 Å². The van der Waals surface area contributed by atoms with Crippen LogP contribution < -0.4 is 10.6 Å². The van der Waals surface area contributed by atoms with Crippen LogP contribution in [0.5, 0.6) is 0 Å². The van der Waals surface area contributed by atoms with Gasteiger partial charge >= 0.3 is 0 Å². The molecule has 0 saturated heterocycles. The van der Waals surface area contributed by atoms with E-state index >= 15 is 0 Å². The van der Waals surface area contributed by atoms with Gasteiger partial charge in [-0.1, -0.05) is 6.07 Å². The maximum absolute atomic E-state index is 13.5. The van der Waals surface area contributed by atoms with E-state index in [0.717, 1.165) is 6.07 Å². The lowest BCUT2D eigenvalue weighted by molar-refractivity contribution is -0.119. The van der Waals surface area contributed by atoms with Crippen LogP contribution in [0.3, 0.4) is 0 Å². The van der Waals surface area contributed by atoms with E-state index in [1.165, 1.54) is 18.0 Å². The quantitative estimate of drug-likeness (QED) is 0.759. The molecule has 2 aromatic carbocycles.